The van der Waals surface area contributed by atoms with Gasteiger partial charge in [0.1, 0.15) is 5.75 Å². The molecule has 7 nitrogen and oxygen atoms in total. The van der Waals surface area contributed by atoms with Crippen molar-refractivity contribution in [2.75, 3.05) is 13.2 Å². The number of nitrogens with zero attached hydrogens (tertiary/aromatic N) is 2. The number of amides is 1. The predicted octanol–water partition coefficient (Wildman–Crippen LogP) is 1.31. The number of nitrogens with one attached hydrogen (secondary N) is 1. The lowest BCUT2D eigenvalue weighted by Crippen LogP contribution is -2.29. The number of hydrogen-bond acceptors (Lipinski definition) is 5. The Bertz CT molecular complexity index is 522. The van der Waals surface area contributed by atoms with Gasteiger partial charge in [-0.25, -0.2) is 0 Å². The molecule has 0 spiro atoms. The molecule has 1 amide bonds. The van der Waals surface area contributed by atoms with Crippen molar-refractivity contribution in [3.8, 4) is 11.8 Å². The van der Waals surface area contributed by atoms with Crippen LogP contribution in [0, 0.1) is 28.4 Å². The van der Waals surface area contributed by atoms with Crippen LogP contribution in [0.15, 0.2) is 18.2 Å². The minimum atomic E-state index is -0.478. The lowest BCUT2D eigenvalue weighted by Gasteiger charge is -2.07. The van der Waals surface area contributed by atoms with E-state index in [0.717, 1.165) is 0 Å². The Morgan fingerprint density at radius 3 is 2.89 bits per heavy atom. The van der Waals surface area contributed by atoms with E-state index in [-0.39, 0.29) is 31.2 Å². The molecule has 0 radical (unpaired) electrons. The van der Waals surface area contributed by atoms with Gasteiger partial charge in [0, 0.05) is 18.2 Å². The Hall–Kier alpha value is -2.62. The van der Waals surface area contributed by atoms with Crippen LogP contribution in [0.1, 0.15) is 12.0 Å². The Morgan fingerprint density at radius 2 is 2.32 bits per heavy atom. The molecule has 0 bridgehead atoms. The number of carbonyl (C=O) groups is 1. The van der Waals surface area contributed by atoms with Crippen molar-refractivity contribution < 1.29 is 14.5 Å². The molecule has 0 aliphatic carbocycles. The van der Waals surface area contributed by atoms with E-state index in [4.69, 9.17) is 10.00 Å². The summed E-state index contributed by atoms with van der Waals surface area (Å²) in [5, 5.41) is 21.4. The molecule has 1 aromatic rings. The largest absolute Gasteiger partial charge is 0.484 e. The van der Waals surface area contributed by atoms with Crippen LogP contribution in [-0.2, 0) is 4.79 Å². The molecule has 0 aromatic heterocycles. The summed E-state index contributed by atoms with van der Waals surface area (Å²) in [5.41, 5.74) is 0.471. The van der Waals surface area contributed by atoms with Gasteiger partial charge < -0.3 is 10.1 Å². The number of nitriles is 1. The fraction of sp³-hybridized carbons (Fsp3) is 0.333. The molecule has 7 heteroatoms. The van der Waals surface area contributed by atoms with E-state index < -0.39 is 4.92 Å². The number of benzene rings is 1. The highest BCUT2D eigenvalue weighted by Gasteiger charge is 2.11. The Labute approximate surface area is 109 Å². The van der Waals surface area contributed by atoms with Gasteiger partial charge in [-0.2, -0.15) is 5.26 Å². The number of carbonyl (C=O) groups excluding carboxylic acids is 1. The van der Waals surface area contributed by atoms with Crippen molar-refractivity contribution in [1.82, 2.24) is 5.32 Å². The van der Waals surface area contributed by atoms with Gasteiger partial charge in [-0.05, 0) is 19.1 Å². The molecule has 0 unspecified atom stereocenters. The maximum Gasteiger partial charge on any atom is 0.272 e. The minimum Gasteiger partial charge on any atom is -0.484 e. The maximum absolute atomic E-state index is 11.3. The molecule has 19 heavy (non-hydrogen) atoms. The first-order chi connectivity index (χ1) is 9.04. The van der Waals surface area contributed by atoms with Crippen LogP contribution in [0.4, 0.5) is 5.69 Å². The number of ether oxygens (including phenoxy) is 1. The zero-order valence-electron chi connectivity index (χ0n) is 10.4. The fourth-order valence-corrected chi connectivity index (χ4v) is 1.38. The summed E-state index contributed by atoms with van der Waals surface area (Å²) in [6, 6.07) is 6.17. The molecular formula is C12H13N3O4. The maximum atomic E-state index is 11.3. The Kier molecular flexibility index (Phi) is 5.29. The molecular weight excluding hydrogens is 250 g/mol. The lowest BCUT2D eigenvalue weighted by atomic mass is 10.2. The molecule has 0 atom stereocenters. The number of aryl methyl sites for hydroxylation is 1. The Morgan fingerprint density at radius 1 is 1.58 bits per heavy atom. The molecule has 0 saturated carbocycles. The van der Waals surface area contributed by atoms with E-state index >= 15 is 0 Å². The first kappa shape index (κ1) is 14.4. The van der Waals surface area contributed by atoms with Gasteiger partial charge in [0.05, 0.1) is 17.4 Å². The number of rotatable bonds is 6. The van der Waals surface area contributed by atoms with Gasteiger partial charge in [-0.1, -0.05) is 0 Å². The van der Waals surface area contributed by atoms with Crippen LogP contribution in [0.5, 0.6) is 5.75 Å². The SMILES string of the molecule is Cc1cc(OCC(=O)NCCC#N)ccc1[N+](=O)[O-]. The smallest absolute Gasteiger partial charge is 0.272 e. The van der Waals surface area contributed by atoms with E-state index in [9.17, 15) is 14.9 Å². The van der Waals surface area contributed by atoms with Crippen molar-refractivity contribution in [2.45, 2.75) is 13.3 Å². The van der Waals surface area contributed by atoms with Crippen LogP contribution < -0.4 is 10.1 Å². The topological polar surface area (TPSA) is 105 Å². The van der Waals surface area contributed by atoms with Crippen LogP contribution in [0.25, 0.3) is 0 Å². The zero-order chi connectivity index (χ0) is 14.3. The monoisotopic (exact) mass is 263 g/mol. The normalized spacial score (nSPS) is 9.47. The standard InChI is InChI=1S/C12H13N3O4/c1-9-7-10(3-4-11(9)15(17)18)19-8-12(16)14-6-2-5-13/h3-4,7H,2,6,8H2,1H3,(H,14,16). The van der Waals surface area contributed by atoms with Gasteiger partial charge in [0.25, 0.3) is 11.6 Å². The van der Waals surface area contributed by atoms with E-state index in [0.29, 0.717) is 11.3 Å². The summed E-state index contributed by atoms with van der Waals surface area (Å²) in [7, 11) is 0. The Balaban J connectivity index is 2.50. The summed E-state index contributed by atoms with van der Waals surface area (Å²) >= 11 is 0. The van der Waals surface area contributed by atoms with E-state index in [1.54, 1.807) is 6.92 Å². The van der Waals surface area contributed by atoms with Gasteiger partial charge in [0.2, 0.25) is 0 Å². The van der Waals surface area contributed by atoms with Crippen LogP contribution in [0.2, 0.25) is 0 Å². The molecule has 1 aromatic carbocycles. The van der Waals surface area contributed by atoms with Gasteiger partial charge in [-0.15, -0.1) is 0 Å². The average molecular weight is 263 g/mol. The molecule has 1 rings (SSSR count). The van der Waals surface area contributed by atoms with Gasteiger partial charge in [-0.3, -0.25) is 14.9 Å². The molecule has 0 fully saturated rings. The quantitative estimate of drug-likeness (QED) is 0.473. The molecule has 0 saturated heterocycles. The van der Waals surface area contributed by atoms with Gasteiger partial charge >= 0.3 is 0 Å². The van der Waals surface area contributed by atoms with Gasteiger partial charge in [0.15, 0.2) is 6.61 Å². The zero-order valence-corrected chi connectivity index (χ0v) is 10.4. The molecule has 0 heterocycles. The highest BCUT2D eigenvalue weighted by atomic mass is 16.6. The van der Waals surface area contributed by atoms with E-state index in [1.165, 1.54) is 18.2 Å². The third kappa shape index (κ3) is 4.63. The second-order valence-corrected chi connectivity index (χ2v) is 3.75. The summed E-state index contributed by atoms with van der Waals surface area (Å²) in [6.45, 7) is 1.68. The lowest BCUT2D eigenvalue weighted by molar-refractivity contribution is -0.385. The third-order valence-electron chi connectivity index (χ3n) is 2.29. The van der Waals surface area contributed by atoms with Crippen LogP contribution in [0.3, 0.4) is 0 Å². The number of nitro groups is 1. The number of nitro benzene ring substituents is 1. The molecule has 1 N–H and O–H groups in total. The molecule has 100 valence electrons. The highest BCUT2D eigenvalue weighted by molar-refractivity contribution is 5.77. The fourth-order valence-electron chi connectivity index (χ4n) is 1.38. The van der Waals surface area contributed by atoms with E-state index in [1.807, 2.05) is 6.07 Å². The van der Waals surface area contributed by atoms with Crippen molar-refractivity contribution in [3.05, 3.63) is 33.9 Å². The molecule has 0 aliphatic rings. The van der Waals surface area contributed by atoms with Crippen molar-refractivity contribution >= 4 is 11.6 Å². The first-order valence-electron chi connectivity index (χ1n) is 5.56. The molecule has 0 aliphatic heterocycles. The summed E-state index contributed by atoms with van der Waals surface area (Å²) < 4.78 is 5.20. The first-order valence-corrected chi connectivity index (χ1v) is 5.56. The van der Waals surface area contributed by atoms with Crippen LogP contribution >= 0.6 is 0 Å². The summed E-state index contributed by atoms with van der Waals surface area (Å²) in [5.74, 6) is 0.0461. The highest BCUT2D eigenvalue weighted by Crippen LogP contribution is 2.22. The van der Waals surface area contributed by atoms with Crippen LogP contribution in [-0.4, -0.2) is 24.0 Å². The van der Waals surface area contributed by atoms with Crippen molar-refractivity contribution in [3.63, 3.8) is 0 Å². The average Bonchev–Trinajstić information content (AvgIpc) is 2.36. The van der Waals surface area contributed by atoms with E-state index in [2.05, 4.69) is 5.32 Å². The van der Waals surface area contributed by atoms with Crippen molar-refractivity contribution in [2.24, 2.45) is 0 Å². The summed E-state index contributed by atoms with van der Waals surface area (Å²) in [6.07, 6.45) is 0.238. The third-order valence-corrected chi connectivity index (χ3v) is 2.29. The van der Waals surface area contributed by atoms with Crippen molar-refractivity contribution in [1.29, 1.82) is 5.26 Å². The number of hydrogen-bond donors (Lipinski definition) is 1. The second-order valence-electron chi connectivity index (χ2n) is 3.75. The summed E-state index contributed by atoms with van der Waals surface area (Å²) in [4.78, 5) is 21.4. The predicted molar refractivity (Wildman–Crippen MR) is 66.6 cm³/mol. The minimum absolute atomic E-state index is 0.00539. The second kappa shape index (κ2) is 6.96.